The van der Waals surface area contributed by atoms with Crippen molar-refractivity contribution in [3.8, 4) is 0 Å². The summed E-state index contributed by atoms with van der Waals surface area (Å²) in [6.07, 6.45) is 9.01. The molecule has 8 nitrogen and oxygen atoms in total. The lowest BCUT2D eigenvalue weighted by Crippen LogP contribution is -2.56. The van der Waals surface area contributed by atoms with Crippen LogP contribution in [-0.4, -0.2) is 58.2 Å². The summed E-state index contributed by atoms with van der Waals surface area (Å²) in [6, 6.07) is 0.342. The predicted octanol–water partition coefficient (Wildman–Crippen LogP) is 2.00. The number of imidazole rings is 1. The van der Waals surface area contributed by atoms with Gasteiger partial charge in [-0.05, 0) is 18.8 Å². The summed E-state index contributed by atoms with van der Waals surface area (Å²) in [5.74, 6) is 1.20. The molecule has 1 saturated carbocycles. The number of rotatable bonds is 4. The van der Waals surface area contributed by atoms with Crippen LogP contribution >= 0.6 is 0 Å². The van der Waals surface area contributed by atoms with Gasteiger partial charge in [-0.2, -0.15) is 0 Å². The fourth-order valence-electron chi connectivity index (χ4n) is 4.70. The summed E-state index contributed by atoms with van der Waals surface area (Å²) in [4.78, 5) is 31.7. The van der Waals surface area contributed by atoms with Crippen LogP contribution < -0.4 is 10.6 Å². The van der Waals surface area contributed by atoms with E-state index in [4.69, 9.17) is 4.74 Å². The molecule has 3 heterocycles. The van der Waals surface area contributed by atoms with Gasteiger partial charge in [0.25, 0.3) is 5.91 Å². The number of urea groups is 1. The fraction of sp³-hybridized carbons (Fsp3) is 0.762. The monoisotopic (exact) mass is 403 g/mol. The second kappa shape index (κ2) is 8.34. The third kappa shape index (κ3) is 4.27. The van der Waals surface area contributed by atoms with E-state index in [0.717, 1.165) is 18.7 Å². The first kappa shape index (κ1) is 20.2. The number of hydrogen-bond acceptors (Lipinski definition) is 4. The van der Waals surface area contributed by atoms with Crippen LogP contribution in [0, 0.1) is 5.92 Å². The number of likely N-dealkylation sites (tertiary alicyclic amines) is 1. The zero-order valence-corrected chi connectivity index (χ0v) is 17.5. The Balaban J connectivity index is 1.41. The molecule has 8 heteroatoms. The van der Waals surface area contributed by atoms with Crippen LogP contribution in [0.3, 0.4) is 0 Å². The molecule has 4 rings (SSSR count). The van der Waals surface area contributed by atoms with Gasteiger partial charge in [0.1, 0.15) is 11.4 Å². The second-order valence-corrected chi connectivity index (χ2v) is 9.06. The number of carbonyl (C=O) groups excluding carboxylic acids is 2. The van der Waals surface area contributed by atoms with Gasteiger partial charge in [0.05, 0.1) is 6.54 Å². The minimum atomic E-state index is -0.605. The van der Waals surface area contributed by atoms with Gasteiger partial charge < -0.3 is 24.8 Å². The molecule has 2 N–H and O–H groups in total. The lowest BCUT2D eigenvalue weighted by Gasteiger charge is -2.45. The van der Waals surface area contributed by atoms with Gasteiger partial charge in [-0.25, -0.2) is 9.78 Å². The van der Waals surface area contributed by atoms with Crippen LogP contribution in [0.2, 0.25) is 0 Å². The number of carbonyl (C=O) groups is 2. The van der Waals surface area contributed by atoms with Crippen molar-refractivity contribution in [1.82, 2.24) is 25.1 Å². The topological polar surface area (TPSA) is 88.5 Å². The molecule has 2 fully saturated rings. The van der Waals surface area contributed by atoms with E-state index in [1.54, 1.807) is 6.20 Å². The molecule has 1 aromatic rings. The Morgan fingerprint density at radius 2 is 2.00 bits per heavy atom. The Kier molecular flexibility index (Phi) is 5.81. The maximum atomic E-state index is 12.7. The fourth-order valence-corrected chi connectivity index (χ4v) is 4.70. The van der Waals surface area contributed by atoms with Gasteiger partial charge in [0.15, 0.2) is 6.10 Å². The highest BCUT2D eigenvalue weighted by molar-refractivity contribution is 5.81. The minimum Gasteiger partial charge on any atom is -0.354 e. The number of piperidine rings is 1. The van der Waals surface area contributed by atoms with Gasteiger partial charge in [-0.1, -0.05) is 26.7 Å². The molecule has 0 aromatic carbocycles. The van der Waals surface area contributed by atoms with E-state index in [0.29, 0.717) is 51.0 Å². The van der Waals surface area contributed by atoms with E-state index < -0.39 is 11.7 Å². The average molecular weight is 404 g/mol. The zero-order valence-electron chi connectivity index (χ0n) is 17.5. The minimum absolute atomic E-state index is 0.0251. The first-order valence-corrected chi connectivity index (χ1v) is 11.0. The first-order chi connectivity index (χ1) is 14.0. The predicted molar refractivity (Wildman–Crippen MR) is 108 cm³/mol. The van der Waals surface area contributed by atoms with Crippen molar-refractivity contribution in [3.05, 3.63) is 18.2 Å². The first-order valence-electron chi connectivity index (χ1n) is 11.0. The van der Waals surface area contributed by atoms with Crippen molar-refractivity contribution in [3.63, 3.8) is 0 Å². The standard InChI is InChI=1S/C21H33N5O3/c1-15(2)13-23-18(27)17-14-26-12-9-22-19(26)21(29-17)7-10-25(11-8-21)20(28)24-16-5-3-4-6-16/h9,12,15-17H,3-8,10-11,13-14H2,1-2H3,(H,23,27)(H,24,28). The maximum Gasteiger partial charge on any atom is 0.317 e. The molecule has 160 valence electrons. The molecule has 0 radical (unpaired) electrons. The van der Waals surface area contributed by atoms with Crippen LogP contribution in [0.5, 0.6) is 0 Å². The van der Waals surface area contributed by atoms with E-state index in [1.165, 1.54) is 12.8 Å². The van der Waals surface area contributed by atoms with Crippen LogP contribution in [0.4, 0.5) is 4.79 Å². The van der Waals surface area contributed by atoms with Crippen LogP contribution in [-0.2, 0) is 21.7 Å². The summed E-state index contributed by atoms with van der Waals surface area (Å²) >= 11 is 0. The Labute approximate surface area is 172 Å². The third-order valence-corrected chi connectivity index (χ3v) is 6.37. The van der Waals surface area contributed by atoms with Crippen molar-refractivity contribution >= 4 is 11.9 Å². The Morgan fingerprint density at radius 3 is 2.69 bits per heavy atom. The molecular formula is C21H33N5O3. The van der Waals surface area contributed by atoms with Gasteiger partial charge in [-0.3, -0.25) is 4.79 Å². The molecule has 0 bridgehead atoms. The lowest BCUT2D eigenvalue weighted by molar-refractivity contribution is -0.171. The molecular weight excluding hydrogens is 370 g/mol. The average Bonchev–Trinajstić information content (AvgIpc) is 3.38. The van der Waals surface area contributed by atoms with Crippen LogP contribution in [0.1, 0.15) is 58.2 Å². The van der Waals surface area contributed by atoms with E-state index >= 15 is 0 Å². The number of hydrogen-bond donors (Lipinski definition) is 2. The summed E-state index contributed by atoms with van der Waals surface area (Å²) in [7, 11) is 0. The van der Waals surface area contributed by atoms with Crippen molar-refractivity contribution in [2.24, 2.45) is 5.92 Å². The highest BCUT2D eigenvalue weighted by atomic mass is 16.5. The molecule has 1 aromatic heterocycles. The molecule has 1 saturated heterocycles. The molecule has 3 amide bonds. The largest absolute Gasteiger partial charge is 0.354 e. The second-order valence-electron chi connectivity index (χ2n) is 9.06. The number of ether oxygens (including phenoxy) is 1. The van der Waals surface area contributed by atoms with Crippen LogP contribution in [0.15, 0.2) is 12.4 Å². The van der Waals surface area contributed by atoms with Gasteiger partial charge >= 0.3 is 6.03 Å². The van der Waals surface area contributed by atoms with Crippen molar-refractivity contribution in [2.45, 2.75) is 76.7 Å². The molecule has 1 aliphatic carbocycles. The van der Waals surface area contributed by atoms with Crippen molar-refractivity contribution in [2.75, 3.05) is 19.6 Å². The molecule has 3 aliphatic rings. The Morgan fingerprint density at radius 1 is 1.28 bits per heavy atom. The van der Waals surface area contributed by atoms with Crippen LogP contribution in [0.25, 0.3) is 0 Å². The van der Waals surface area contributed by atoms with Gasteiger partial charge in [0, 0.05) is 50.9 Å². The Bertz CT molecular complexity index is 732. The Hall–Kier alpha value is -2.09. The summed E-state index contributed by atoms with van der Waals surface area (Å²) in [6.45, 7) is 6.47. The number of fused-ring (bicyclic) bond motifs is 2. The SMILES string of the molecule is CC(C)CNC(=O)C1Cn2ccnc2C2(CCN(C(=O)NC3CCCC3)CC2)O1. The smallest absolute Gasteiger partial charge is 0.317 e. The van der Waals surface area contributed by atoms with E-state index in [1.807, 2.05) is 15.7 Å². The van der Waals surface area contributed by atoms with Gasteiger partial charge in [0.2, 0.25) is 0 Å². The molecule has 2 aliphatic heterocycles. The van der Waals surface area contributed by atoms with Crippen molar-refractivity contribution < 1.29 is 14.3 Å². The van der Waals surface area contributed by atoms with E-state index in [-0.39, 0.29) is 11.9 Å². The summed E-state index contributed by atoms with van der Waals surface area (Å²) < 4.78 is 8.44. The summed E-state index contributed by atoms with van der Waals surface area (Å²) in [5.41, 5.74) is -0.605. The maximum absolute atomic E-state index is 12.7. The highest BCUT2D eigenvalue weighted by Gasteiger charge is 2.47. The van der Waals surface area contributed by atoms with Gasteiger partial charge in [-0.15, -0.1) is 0 Å². The zero-order chi connectivity index (χ0) is 20.4. The highest BCUT2D eigenvalue weighted by Crippen LogP contribution is 2.40. The number of aromatic nitrogens is 2. The molecule has 29 heavy (non-hydrogen) atoms. The molecule has 1 unspecified atom stereocenters. The molecule has 1 spiro atoms. The van der Waals surface area contributed by atoms with Crippen molar-refractivity contribution in [1.29, 1.82) is 0 Å². The normalized spacial score (nSPS) is 24.0. The molecule has 1 atom stereocenters. The number of nitrogens with one attached hydrogen (secondary N) is 2. The quantitative estimate of drug-likeness (QED) is 0.805. The third-order valence-electron chi connectivity index (χ3n) is 6.37. The summed E-state index contributed by atoms with van der Waals surface area (Å²) in [5, 5.41) is 6.16. The number of amides is 3. The lowest BCUT2D eigenvalue weighted by atomic mass is 9.88. The van der Waals surface area contributed by atoms with E-state index in [2.05, 4.69) is 29.5 Å². The van der Waals surface area contributed by atoms with E-state index in [9.17, 15) is 9.59 Å². The number of nitrogens with zero attached hydrogens (tertiary/aromatic N) is 3.